The molecular weight excluding hydrogens is 755 g/mol. The SMILES string of the molecule is CCCCCCCC/C=C/CCCCCC(=O)OC[C@H](COP(=O)(O)OC1C(O)C(O)C(O)[C@@H](O)C1O)OC(=O)CC/C=C/CCCCCCCCCCCCC. The second kappa shape index (κ2) is 34.1. The number of phosphoric acid groups is 1. The van der Waals surface area contributed by atoms with E-state index in [1.807, 2.05) is 12.2 Å². The Bertz CT molecular complexity index is 1100. The highest BCUT2D eigenvalue weighted by Gasteiger charge is 2.51. The molecule has 57 heavy (non-hydrogen) atoms. The molecular formula is C43H79O13P. The number of allylic oxidation sites excluding steroid dienone is 4. The fourth-order valence-electron chi connectivity index (χ4n) is 6.65. The van der Waals surface area contributed by atoms with Crippen LogP contribution in [-0.2, 0) is 32.7 Å². The van der Waals surface area contributed by atoms with Gasteiger partial charge in [-0.05, 0) is 51.4 Å². The summed E-state index contributed by atoms with van der Waals surface area (Å²) < 4.78 is 33.4. The molecule has 0 bridgehead atoms. The van der Waals surface area contributed by atoms with E-state index < -0.39 is 75.7 Å². The summed E-state index contributed by atoms with van der Waals surface area (Å²) in [7, 11) is -5.12. The molecule has 1 aliphatic carbocycles. The molecule has 334 valence electrons. The van der Waals surface area contributed by atoms with E-state index in [9.17, 15) is 44.6 Å². The van der Waals surface area contributed by atoms with Crippen molar-refractivity contribution in [1.29, 1.82) is 0 Å². The Balaban J connectivity index is 2.52. The van der Waals surface area contributed by atoms with Crippen molar-refractivity contribution < 1.29 is 63.1 Å². The summed E-state index contributed by atoms with van der Waals surface area (Å²) in [6.07, 6.45) is 22.6. The van der Waals surface area contributed by atoms with Crippen LogP contribution in [0.4, 0.5) is 0 Å². The predicted molar refractivity (Wildman–Crippen MR) is 221 cm³/mol. The van der Waals surface area contributed by atoms with Gasteiger partial charge in [0.1, 0.15) is 43.2 Å². The molecule has 14 heteroatoms. The lowest BCUT2D eigenvalue weighted by Gasteiger charge is -2.41. The van der Waals surface area contributed by atoms with Gasteiger partial charge in [-0.2, -0.15) is 0 Å². The van der Waals surface area contributed by atoms with Crippen molar-refractivity contribution in [2.75, 3.05) is 13.2 Å². The van der Waals surface area contributed by atoms with Crippen LogP contribution in [0.15, 0.2) is 24.3 Å². The fraction of sp³-hybridized carbons (Fsp3) is 0.860. The molecule has 0 amide bonds. The number of phosphoric ester groups is 1. The van der Waals surface area contributed by atoms with Gasteiger partial charge in [0.05, 0.1) is 6.61 Å². The molecule has 1 rings (SSSR count). The maximum Gasteiger partial charge on any atom is 0.472 e. The molecule has 0 heterocycles. The largest absolute Gasteiger partial charge is 0.472 e. The molecule has 6 N–H and O–H groups in total. The third kappa shape index (κ3) is 26.9. The molecule has 0 aromatic heterocycles. The van der Waals surface area contributed by atoms with Gasteiger partial charge >= 0.3 is 19.8 Å². The molecule has 1 fully saturated rings. The molecule has 1 saturated carbocycles. The minimum Gasteiger partial charge on any atom is -0.462 e. The average Bonchev–Trinajstić information content (AvgIpc) is 3.19. The van der Waals surface area contributed by atoms with E-state index in [1.165, 1.54) is 103 Å². The van der Waals surface area contributed by atoms with Crippen molar-refractivity contribution >= 4 is 19.8 Å². The Morgan fingerprint density at radius 2 is 0.930 bits per heavy atom. The Kier molecular flexibility index (Phi) is 31.9. The molecule has 1 aliphatic rings. The van der Waals surface area contributed by atoms with Gasteiger partial charge in [-0.15, -0.1) is 0 Å². The second-order valence-corrected chi connectivity index (χ2v) is 16.9. The first kappa shape index (κ1) is 53.3. The standard InChI is InChI=1S/C43H79O13P/c1-3-5-7-9-11-13-15-17-18-20-22-24-26-28-30-32-37(45)55-35(34-54-57(51,52)56-43-41(49)39(47)38(46)40(48)42(43)50)33-53-36(44)31-29-27-25-23-21-19-16-14-12-10-8-6-4-2/h19,21,26,28,35,38-43,46-50H,3-18,20,22-25,27,29-34H2,1-2H3,(H,51,52)/b21-19+,28-26+/t35-,38?,39-,40?,41?,42?,43?/m1/s1. The van der Waals surface area contributed by atoms with Gasteiger partial charge in [0.15, 0.2) is 6.10 Å². The molecule has 0 aromatic carbocycles. The van der Waals surface area contributed by atoms with Crippen LogP contribution in [-0.4, -0.2) is 98.3 Å². The van der Waals surface area contributed by atoms with Crippen molar-refractivity contribution in [3.05, 3.63) is 24.3 Å². The van der Waals surface area contributed by atoms with Gasteiger partial charge in [-0.1, -0.05) is 141 Å². The Morgan fingerprint density at radius 3 is 1.40 bits per heavy atom. The highest BCUT2D eigenvalue weighted by molar-refractivity contribution is 7.47. The summed E-state index contributed by atoms with van der Waals surface area (Å²) in [5.74, 6) is -1.17. The van der Waals surface area contributed by atoms with Gasteiger partial charge in [-0.25, -0.2) is 4.57 Å². The third-order valence-electron chi connectivity index (χ3n) is 10.3. The zero-order valence-corrected chi connectivity index (χ0v) is 36.0. The van der Waals surface area contributed by atoms with Crippen molar-refractivity contribution in [2.45, 2.75) is 224 Å². The second-order valence-electron chi connectivity index (χ2n) is 15.5. The highest BCUT2D eigenvalue weighted by atomic mass is 31.2. The molecule has 6 unspecified atom stereocenters. The minimum absolute atomic E-state index is 0.0124. The maximum atomic E-state index is 12.8. The molecule has 0 saturated heterocycles. The number of hydrogen-bond acceptors (Lipinski definition) is 12. The number of rotatable bonds is 36. The summed E-state index contributed by atoms with van der Waals surface area (Å²) >= 11 is 0. The summed E-state index contributed by atoms with van der Waals surface area (Å²) in [5.41, 5.74) is 0. The first-order valence-corrected chi connectivity index (χ1v) is 23.6. The van der Waals surface area contributed by atoms with Gasteiger partial charge < -0.3 is 39.9 Å². The first-order chi connectivity index (χ1) is 27.4. The molecule has 0 spiro atoms. The van der Waals surface area contributed by atoms with Gasteiger partial charge in [0.2, 0.25) is 0 Å². The van der Waals surface area contributed by atoms with E-state index in [-0.39, 0.29) is 12.8 Å². The van der Waals surface area contributed by atoms with E-state index in [1.54, 1.807) is 0 Å². The van der Waals surface area contributed by atoms with Crippen LogP contribution in [0.25, 0.3) is 0 Å². The number of aliphatic hydroxyl groups excluding tert-OH is 5. The van der Waals surface area contributed by atoms with E-state index in [4.69, 9.17) is 18.5 Å². The third-order valence-corrected chi connectivity index (χ3v) is 11.3. The Morgan fingerprint density at radius 1 is 0.526 bits per heavy atom. The lowest BCUT2D eigenvalue weighted by molar-refractivity contribution is -0.220. The van der Waals surface area contributed by atoms with E-state index in [0.717, 1.165) is 38.5 Å². The van der Waals surface area contributed by atoms with Gasteiger partial charge in [-0.3, -0.25) is 18.6 Å². The van der Waals surface area contributed by atoms with Crippen molar-refractivity contribution in [3.8, 4) is 0 Å². The van der Waals surface area contributed by atoms with Gasteiger partial charge in [0, 0.05) is 12.8 Å². The monoisotopic (exact) mass is 835 g/mol. The van der Waals surface area contributed by atoms with Crippen LogP contribution in [0.3, 0.4) is 0 Å². The van der Waals surface area contributed by atoms with Crippen molar-refractivity contribution in [1.82, 2.24) is 0 Å². The zero-order chi connectivity index (χ0) is 42.2. The van der Waals surface area contributed by atoms with E-state index in [0.29, 0.717) is 12.8 Å². The topological polar surface area (TPSA) is 210 Å². The number of ether oxygens (including phenoxy) is 2. The Hall–Kier alpha value is -1.67. The van der Waals surface area contributed by atoms with E-state index in [2.05, 4.69) is 26.0 Å². The minimum atomic E-state index is -5.12. The number of aliphatic hydroxyl groups is 5. The van der Waals surface area contributed by atoms with Crippen LogP contribution < -0.4 is 0 Å². The summed E-state index contributed by atoms with van der Waals surface area (Å²) in [6.45, 7) is 3.24. The smallest absolute Gasteiger partial charge is 0.462 e. The lowest BCUT2D eigenvalue weighted by Crippen LogP contribution is -2.64. The molecule has 0 radical (unpaired) electrons. The molecule has 13 nitrogen and oxygen atoms in total. The van der Waals surface area contributed by atoms with Crippen molar-refractivity contribution in [3.63, 3.8) is 0 Å². The number of unbranched alkanes of at least 4 members (excludes halogenated alkanes) is 20. The maximum absolute atomic E-state index is 12.8. The zero-order valence-electron chi connectivity index (χ0n) is 35.1. The van der Waals surface area contributed by atoms with Crippen LogP contribution in [0, 0.1) is 0 Å². The molecule has 0 aliphatic heterocycles. The van der Waals surface area contributed by atoms with Crippen LogP contribution in [0.2, 0.25) is 0 Å². The quantitative estimate of drug-likeness (QED) is 0.0153. The normalized spacial score (nSPS) is 22.9. The molecule has 0 aromatic rings. The summed E-state index contributed by atoms with van der Waals surface area (Å²) in [5, 5.41) is 50.0. The Labute approximate surface area is 343 Å². The summed E-state index contributed by atoms with van der Waals surface area (Å²) in [6, 6.07) is 0. The van der Waals surface area contributed by atoms with Crippen LogP contribution in [0.5, 0.6) is 0 Å². The summed E-state index contributed by atoms with van der Waals surface area (Å²) in [4.78, 5) is 35.6. The highest BCUT2D eigenvalue weighted by Crippen LogP contribution is 2.47. The number of esters is 2. The fourth-order valence-corrected chi connectivity index (χ4v) is 7.62. The lowest BCUT2D eigenvalue weighted by atomic mass is 9.85. The number of hydrogen-bond donors (Lipinski definition) is 6. The van der Waals surface area contributed by atoms with Gasteiger partial charge in [0.25, 0.3) is 0 Å². The van der Waals surface area contributed by atoms with E-state index >= 15 is 0 Å². The average molecular weight is 835 g/mol. The number of carbonyl (C=O) groups excluding carboxylic acids is 2. The van der Waals surface area contributed by atoms with Crippen LogP contribution >= 0.6 is 7.82 Å². The predicted octanol–water partition coefficient (Wildman–Crippen LogP) is 8.06. The number of carbonyl (C=O) groups is 2. The van der Waals surface area contributed by atoms with Crippen molar-refractivity contribution in [2.24, 2.45) is 0 Å². The first-order valence-electron chi connectivity index (χ1n) is 22.1. The molecule has 8 atom stereocenters. The van der Waals surface area contributed by atoms with Crippen LogP contribution in [0.1, 0.15) is 181 Å².